The highest BCUT2D eigenvalue weighted by Crippen LogP contribution is 2.35. The number of thiazole rings is 1. The molecule has 0 saturated heterocycles. The molecular weight excluding hydrogens is 450 g/mol. The van der Waals surface area contributed by atoms with Crippen LogP contribution in [0, 0.1) is 6.92 Å². The number of hydrogen-bond acceptors (Lipinski definition) is 5. The third-order valence-corrected chi connectivity index (χ3v) is 6.44. The highest BCUT2D eigenvalue weighted by molar-refractivity contribution is 7.14. The minimum atomic E-state index is -1.11. The van der Waals surface area contributed by atoms with Crippen molar-refractivity contribution in [3.63, 3.8) is 0 Å². The zero-order valence-electron chi connectivity index (χ0n) is 18.8. The minimum Gasteiger partial charge on any atom is -0.480 e. The van der Waals surface area contributed by atoms with Crippen LogP contribution in [0.5, 0.6) is 0 Å². The van der Waals surface area contributed by atoms with Gasteiger partial charge in [-0.05, 0) is 37.6 Å². The highest BCUT2D eigenvalue weighted by atomic mass is 32.1. The van der Waals surface area contributed by atoms with Crippen LogP contribution < -0.4 is 11.1 Å². The first kappa shape index (κ1) is 24.8. The van der Waals surface area contributed by atoms with Crippen molar-refractivity contribution in [1.82, 2.24) is 10.3 Å². The lowest BCUT2D eigenvalue weighted by Gasteiger charge is -2.15. The van der Waals surface area contributed by atoms with Crippen LogP contribution in [0.2, 0.25) is 0 Å². The van der Waals surface area contributed by atoms with Gasteiger partial charge in [0.25, 0.3) is 5.91 Å². The van der Waals surface area contributed by atoms with Gasteiger partial charge in [0.15, 0.2) is 0 Å². The average Bonchev–Trinajstić information content (AvgIpc) is 3.23. The third kappa shape index (κ3) is 6.35. The van der Waals surface area contributed by atoms with Crippen molar-refractivity contribution in [3.8, 4) is 0 Å². The number of carbonyl (C=O) groups excluding carboxylic acids is 1. The summed E-state index contributed by atoms with van der Waals surface area (Å²) in [5.41, 5.74) is 8.15. The molecule has 0 aliphatic heterocycles. The molecule has 0 aliphatic carbocycles. The molecule has 1 heterocycles. The molecule has 34 heavy (non-hydrogen) atoms. The number of carbonyl (C=O) groups is 2. The molecule has 1 amide bonds. The summed E-state index contributed by atoms with van der Waals surface area (Å²) >= 11 is 1.28. The Kier molecular flexibility index (Phi) is 8.64. The topological polar surface area (TPSA) is 130 Å². The quantitative estimate of drug-likeness (QED) is 0.233. The van der Waals surface area contributed by atoms with Gasteiger partial charge < -0.3 is 16.2 Å². The van der Waals surface area contributed by atoms with Crippen molar-refractivity contribution in [2.75, 3.05) is 6.54 Å². The van der Waals surface area contributed by atoms with E-state index < -0.39 is 17.9 Å². The second-order valence-corrected chi connectivity index (χ2v) is 8.66. The number of amides is 1. The first-order chi connectivity index (χ1) is 16.4. The maximum atomic E-state index is 13.0. The van der Waals surface area contributed by atoms with Gasteiger partial charge in [-0.2, -0.15) is 0 Å². The van der Waals surface area contributed by atoms with Crippen LogP contribution in [0.3, 0.4) is 0 Å². The lowest BCUT2D eigenvalue weighted by Crippen LogP contribution is -2.40. The number of nitrogens with zero attached hydrogens (tertiary/aromatic N) is 3. The molecule has 8 nitrogen and oxygen atoms in total. The van der Waals surface area contributed by atoms with E-state index in [4.69, 9.17) is 10.7 Å². The SMILES string of the molecule is C=NC(N)=NCCC[C@H](NC(=O)c1sc(C(c2ccccc2)c2ccccc2)nc1C)C(=O)O. The average molecular weight is 478 g/mol. The minimum absolute atomic E-state index is 0.0510. The summed E-state index contributed by atoms with van der Waals surface area (Å²) in [7, 11) is 0. The molecule has 0 fully saturated rings. The van der Waals surface area contributed by atoms with E-state index in [2.05, 4.69) is 22.0 Å². The van der Waals surface area contributed by atoms with Crippen molar-refractivity contribution in [2.24, 2.45) is 15.7 Å². The molecule has 2 aromatic carbocycles. The second-order valence-electron chi connectivity index (χ2n) is 7.63. The van der Waals surface area contributed by atoms with Crippen LogP contribution >= 0.6 is 11.3 Å². The molecule has 9 heteroatoms. The molecule has 176 valence electrons. The summed E-state index contributed by atoms with van der Waals surface area (Å²) in [5.74, 6) is -1.65. The zero-order valence-corrected chi connectivity index (χ0v) is 19.7. The lowest BCUT2D eigenvalue weighted by atomic mass is 9.92. The molecule has 0 saturated carbocycles. The number of carboxylic acid groups (broad SMARTS) is 1. The Bertz CT molecular complexity index is 1120. The van der Waals surface area contributed by atoms with E-state index >= 15 is 0 Å². The number of aromatic nitrogens is 1. The van der Waals surface area contributed by atoms with E-state index in [1.165, 1.54) is 11.3 Å². The van der Waals surface area contributed by atoms with E-state index in [0.29, 0.717) is 23.5 Å². The number of carboxylic acids is 1. The highest BCUT2D eigenvalue weighted by Gasteiger charge is 2.26. The second kappa shape index (κ2) is 11.9. The number of nitrogens with two attached hydrogens (primary N) is 1. The fourth-order valence-corrected chi connectivity index (χ4v) is 4.67. The largest absolute Gasteiger partial charge is 0.480 e. The number of aryl methyl sites for hydroxylation is 1. The molecule has 0 radical (unpaired) electrons. The predicted octanol–water partition coefficient (Wildman–Crippen LogP) is 3.61. The van der Waals surface area contributed by atoms with Gasteiger partial charge in [-0.3, -0.25) is 9.79 Å². The number of hydrogen-bond donors (Lipinski definition) is 3. The maximum absolute atomic E-state index is 13.0. The fourth-order valence-electron chi connectivity index (χ4n) is 3.54. The van der Waals surface area contributed by atoms with Gasteiger partial charge in [0.05, 0.1) is 11.6 Å². The molecule has 0 unspecified atom stereocenters. The zero-order chi connectivity index (χ0) is 24.5. The van der Waals surface area contributed by atoms with Crippen LogP contribution in [-0.2, 0) is 4.79 Å². The Balaban J connectivity index is 1.81. The van der Waals surface area contributed by atoms with Gasteiger partial charge in [0, 0.05) is 6.54 Å². The van der Waals surface area contributed by atoms with Crippen molar-refractivity contribution < 1.29 is 14.7 Å². The van der Waals surface area contributed by atoms with Crippen LogP contribution in [0.15, 0.2) is 70.6 Å². The third-order valence-electron chi connectivity index (χ3n) is 5.22. The monoisotopic (exact) mass is 477 g/mol. The number of guanidine groups is 1. The van der Waals surface area contributed by atoms with E-state index in [-0.39, 0.29) is 18.3 Å². The summed E-state index contributed by atoms with van der Waals surface area (Å²) in [4.78, 5) is 37.2. The number of rotatable bonds is 10. The summed E-state index contributed by atoms with van der Waals surface area (Å²) in [6.07, 6.45) is 0.626. The molecule has 1 aromatic heterocycles. The molecule has 0 spiro atoms. The Hall–Kier alpha value is -3.85. The van der Waals surface area contributed by atoms with E-state index in [9.17, 15) is 14.7 Å². The Morgan fingerprint density at radius 2 is 1.71 bits per heavy atom. The normalized spacial score (nSPS) is 12.4. The van der Waals surface area contributed by atoms with Crippen molar-refractivity contribution in [1.29, 1.82) is 0 Å². The van der Waals surface area contributed by atoms with Crippen LogP contribution in [0.1, 0.15) is 50.3 Å². The Morgan fingerprint density at radius 1 is 1.12 bits per heavy atom. The van der Waals surface area contributed by atoms with E-state index in [1.807, 2.05) is 60.7 Å². The number of benzene rings is 2. The summed E-state index contributed by atoms with van der Waals surface area (Å²) in [6, 6.07) is 18.9. The standard InChI is InChI=1S/C25H27N5O3S/c1-16-21(22(31)30-19(24(32)33)14-9-15-28-25(26)27-2)34-23(29-16)20(17-10-5-3-6-11-17)18-12-7-4-8-13-18/h3-8,10-13,19-20H,2,9,14-15H2,1H3,(H2,26,28)(H,30,31)(H,32,33)/t19-/m0/s1. The van der Waals surface area contributed by atoms with E-state index in [0.717, 1.165) is 16.1 Å². The van der Waals surface area contributed by atoms with Gasteiger partial charge in [0.2, 0.25) is 5.96 Å². The first-order valence-electron chi connectivity index (χ1n) is 10.8. The lowest BCUT2D eigenvalue weighted by molar-refractivity contribution is -0.139. The number of aliphatic imine (C=N–C) groups is 2. The fraction of sp³-hybridized carbons (Fsp3) is 0.240. The van der Waals surface area contributed by atoms with Gasteiger partial charge in [-0.25, -0.2) is 14.8 Å². The first-order valence-corrected chi connectivity index (χ1v) is 11.6. The molecule has 4 N–H and O–H groups in total. The summed E-state index contributed by atoms with van der Waals surface area (Å²) in [6.45, 7) is 5.33. The van der Waals surface area contributed by atoms with Crippen LogP contribution in [0.25, 0.3) is 0 Å². The molecule has 0 aliphatic rings. The Labute approximate surface area is 202 Å². The number of nitrogens with one attached hydrogen (secondary N) is 1. The maximum Gasteiger partial charge on any atom is 0.326 e. The van der Waals surface area contributed by atoms with Crippen molar-refractivity contribution in [2.45, 2.75) is 31.7 Å². The van der Waals surface area contributed by atoms with Gasteiger partial charge in [0.1, 0.15) is 15.9 Å². The van der Waals surface area contributed by atoms with Gasteiger partial charge >= 0.3 is 5.97 Å². The van der Waals surface area contributed by atoms with Gasteiger partial charge in [-0.1, -0.05) is 60.7 Å². The predicted molar refractivity (Wildman–Crippen MR) is 135 cm³/mol. The number of aliphatic carboxylic acids is 1. The van der Waals surface area contributed by atoms with Crippen molar-refractivity contribution >= 4 is 35.9 Å². The smallest absolute Gasteiger partial charge is 0.326 e. The summed E-state index contributed by atoms with van der Waals surface area (Å²) < 4.78 is 0. The molecule has 3 aromatic rings. The van der Waals surface area contributed by atoms with Crippen molar-refractivity contribution in [3.05, 3.63) is 87.4 Å². The molecule has 0 bridgehead atoms. The molecular formula is C25H27N5O3S. The van der Waals surface area contributed by atoms with Gasteiger partial charge in [-0.15, -0.1) is 11.3 Å². The van der Waals surface area contributed by atoms with Crippen LogP contribution in [0.4, 0.5) is 0 Å². The van der Waals surface area contributed by atoms with E-state index in [1.54, 1.807) is 6.92 Å². The van der Waals surface area contributed by atoms with Crippen LogP contribution in [-0.4, -0.2) is 47.2 Å². The molecule has 3 rings (SSSR count). The summed E-state index contributed by atoms with van der Waals surface area (Å²) in [5, 5.41) is 13.0. The Morgan fingerprint density at radius 3 is 2.24 bits per heavy atom. The molecule has 1 atom stereocenters.